The van der Waals surface area contributed by atoms with Crippen LogP contribution in [0.5, 0.6) is 0 Å². The van der Waals surface area contributed by atoms with Crippen molar-refractivity contribution in [2.75, 3.05) is 0 Å². The summed E-state index contributed by atoms with van der Waals surface area (Å²) >= 11 is 0. The minimum Gasteiger partial charge on any atom is -0.261 e. The second-order valence-electron chi connectivity index (χ2n) is 12.1. The van der Waals surface area contributed by atoms with E-state index in [0.717, 1.165) is 75.2 Å². The van der Waals surface area contributed by atoms with Gasteiger partial charge in [0.15, 0.2) is 17.5 Å². The molecule has 1 unspecified atom stereocenters. The van der Waals surface area contributed by atoms with Crippen molar-refractivity contribution in [3.63, 3.8) is 0 Å². The van der Waals surface area contributed by atoms with Gasteiger partial charge in [-0.3, -0.25) is 9.97 Å². The molecular weight excluding hydrogens is 587 g/mol. The van der Waals surface area contributed by atoms with Gasteiger partial charge in [0.25, 0.3) is 0 Å². The molecule has 3 heterocycles. The first-order chi connectivity index (χ1) is 23.8. The van der Waals surface area contributed by atoms with Gasteiger partial charge in [-0.25, -0.2) is 15.0 Å². The predicted molar refractivity (Wildman–Crippen MR) is 194 cm³/mol. The standard InChI is InChI=1S/C43H33N5/c1-3-13-30(14-4-1)36-27-37(31-15-5-2-6-16-31)29-38(28-36)43-47-41(34-19-11-17-32(25-34)39-21-7-9-23-44-39)46-42(48-43)35-20-12-18-33(26-35)40-22-8-10-24-45-40/h1-11,13-17,19-25,27-29,33H,12,18,26H2. The van der Waals surface area contributed by atoms with Crippen LogP contribution in [0, 0.1) is 0 Å². The molecule has 0 spiro atoms. The summed E-state index contributed by atoms with van der Waals surface area (Å²) in [6.45, 7) is 0. The maximum Gasteiger partial charge on any atom is 0.164 e. The fraction of sp³-hybridized carbons (Fsp3) is 0.0930. The molecule has 0 fully saturated rings. The summed E-state index contributed by atoms with van der Waals surface area (Å²) in [5.74, 6) is 2.31. The van der Waals surface area contributed by atoms with Crippen molar-refractivity contribution < 1.29 is 0 Å². The Bertz CT molecular complexity index is 2140. The Morgan fingerprint density at radius 1 is 0.438 bits per heavy atom. The zero-order chi connectivity index (χ0) is 32.1. The Hall–Kier alpha value is -6.07. The van der Waals surface area contributed by atoms with Crippen LogP contribution in [0.15, 0.2) is 158 Å². The minimum absolute atomic E-state index is 0.313. The SMILES string of the molecule is C1=C(c2nc(-c3cc(-c4ccccc4)cc(-c4ccccc4)c3)nc(-c3cccc(-c4ccccn4)c3)n2)CC(c2ccccn2)CC1. The average molecular weight is 620 g/mol. The summed E-state index contributed by atoms with van der Waals surface area (Å²) < 4.78 is 0. The fourth-order valence-corrected chi connectivity index (χ4v) is 6.44. The van der Waals surface area contributed by atoms with Gasteiger partial charge in [0.05, 0.1) is 5.69 Å². The molecule has 0 saturated heterocycles. The lowest BCUT2D eigenvalue weighted by Crippen LogP contribution is -2.10. The van der Waals surface area contributed by atoms with Gasteiger partial charge in [-0.15, -0.1) is 0 Å². The molecule has 0 aliphatic heterocycles. The molecule has 4 aromatic carbocycles. The molecule has 0 bridgehead atoms. The van der Waals surface area contributed by atoms with Crippen LogP contribution in [0.4, 0.5) is 0 Å². The molecule has 1 aliphatic carbocycles. The van der Waals surface area contributed by atoms with Crippen molar-refractivity contribution in [3.05, 3.63) is 170 Å². The van der Waals surface area contributed by atoms with Crippen molar-refractivity contribution >= 4 is 5.57 Å². The molecule has 230 valence electrons. The zero-order valence-corrected chi connectivity index (χ0v) is 26.4. The second kappa shape index (κ2) is 13.3. The predicted octanol–water partition coefficient (Wildman–Crippen LogP) is 10.3. The molecule has 7 aromatic rings. The smallest absolute Gasteiger partial charge is 0.164 e. The van der Waals surface area contributed by atoms with E-state index in [4.69, 9.17) is 15.0 Å². The first-order valence-electron chi connectivity index (χ1n) is 16.4. The zero-order valence-electron chi connectivity index (χ0n) is 26.4. The lowest BCUT2D eigenvalue weighted by atomic mass is 9.86. The molecule has 0 radical (unpaired) electrons. The summed E-state index contributed by atoms with van der Waals surface area (Å²) in [6.07, 6.45) is 8.82. The Morgan fingerprint density at radius 2 is 1.00 bits per heavy atom. The molecule has 3 aromatic heterocycles. The highest BCUT2D eigenvalue weighted by atomic mass is 15.0. The van der Waals surface area contributed by atoms with Gasteiger partial charge in [0.1, 0.15) is 0 Å². The summed E-state index contributed by atoms with van der Waals surface area (Å²) in [5, 5.41) is 0. The van der Waals surface area contributed by atoms with E-state index in [2.05, 4.69) is 113 Å². The van der Waals surface area contributed by atoms with Gasteiger partial charge >= 0.3 is 0 Å². The van der Waals surface area contributed by atoms with E-state index in [9.17, 15) is 0 Å². The summed E-state index contributed by atoms with van der Waals surface area (Å²) in [5.41, 5.74) is 10.5. The highest BCUT2D eigenvalue weighted by Gasteiger charge is 2.23. The van der Waals surface area contributed by atoms with Crippen LogP contribution in [0.3, 0.4) is 0 Å². The van der Waals surface area contributed by atoms with E-state index in [1.807, 2.05) is 54.9 Å². The molecule has 0 amide bonds. The van der Waals surface area contributed by atoms with Crippen molar-refractivity contribution in [1.82, 2.24) is 24.9 Å². The van der Waals surface area contributed by atoms with E-state index in [1.54, 1.807) is 0 Å². The van der Waals surface area contributed by atoms with E-state index in [-0.39, 0.29) is 0 Å². The highest BCUT2D eigenvalue weighted by molar-refractivity contribution is 5.80. The first-order valence-corrected chi connectivity index (χ1v) is 16.4. The number of benzene rings is 4. The monoisotopic (exact) mass is 619 g/mol. The third-order valence-electron chi connectivity index (χ3n) is 8.89. The van der Waals surface area contributed by atoms with Gasteiger partial charge in [0.2, 0.25) is 0 Å². The van der Waals surface area contributed by atoms with E-state index in [1.165, 1.54) is 0 Å². The minimum atomic E-state index is 0.313. The van der Waals surface area contributed by atoms with Crippen LogP contribution in [-0.2, 0) is 0 Å². The molecular formula is C43H33N5. The van der Waals surface area contributed by atoms with Crippen LogP contribution in [-0.4, -0.2) is 24.9 Å². The summed E-state index contributed by atoms with van der Waals surface area (Å²) in [4.78, 5) is 24.8. The number of pyridine rings is 2. The van der Waals surface area contributed by atoms with Crippen molar-refractivity contribution in [2.45, 2.75) is 25.2 Å². The molecule has 8 rings (SSSR count). The average Bonchev–Trinajstić information content (AvgIpc) is 3.19. The van der Waals surface area contributed by atoms with Crippen LogP contribution in [0.1, 0.15) is 36.7 Å². The fourth-order valence-electron chi connectivity index (χ4n) is 6.44. The third kappa shape index (κ3) is 6.31. The quantitative estimate of drug-likeness (QED) is 0.178. The van der Waals surface area contributed by atoms with Gasteiger partial charge in [-0.1, -0.05) is 97.1 Å². The van der Waals surface area contributed by atoms with Crippen LogP contribution >= 0.6 is 0 Å². The normalized spacial score (nSPS) is 14.3. The highest BCUT2D eigenvalue weighted by Crippen LogP contribution is 2.37. The first kappa shape index (κ1) is 29.3. The second-order valence-corrected chi connectivity index (χ2v) is 12.1. The van der Waals surface area contributed by atoms with Crippen molar-refractivity contribution in [3.8, 4) is 56.3 Å². The van der Waals surface area contributed by atoms with Gasteiger partial charge in [-0.05, 0) is 95.6 Å². The Balaban J connectivity index is 1.29. The van der Waals surface area contributed by atoms with Gasteiger partial charge in [0, 0.05) is 40.7 Å². The van der Waals surface area contributed by atoms with Crippen molar-refractivity contribution in [1.29, 1.82) is 0 Å². The molecule has 0 N–H and O–H groups in total. The number of hydrogen-bond acceptors (Lipinski definition) is 5. The number of rotatable bonds is 7. The number of aromatic nitrogens is 5. The van der Waals surface area contributed by atoms with Gasteiger partial charge < -0.3 is 0 Å². The van der Waals surface area contributed by atoms with E-state index in [0.29, 0.717) is 23.4 Å². The van der Waals surface area contributed by atoms with E-state index >= 15 is 0 Å². The molecule has 0 saturated carbocycles. The Labute approximate surface area is 280 Å². The molecule has 1 aliphatic rings. The van der Waals surface area contributed by atoms with Crippen molar-refractivity contribution in [2.24, 2.45) is 0 Å². The maximum absolute atomic E-state index is 5.21. The topological polar surface area (TPSA) is 64.5 Å². The summed E-state index contributed by atoms with van der Waals surface area (Å²) in [7, 11) is 0. The Morgan fingerprint density at radius 3 is 1.67 bits per heavy atom. The molecule has 5 heteroatoms. The van der Waals surface area contributed by atoms with Crippen LogP contribution in [0.2, 0.25) is 0 Å². The Kier molecular flexibility index (Phi) is 8.16. The molecule has 5 nitrogen and oxygen atoms in total. The van der Waals surface area contributed by atoms with Crippen LogP contribution in [0.25, 0.3) is 61.9 Å². The number of nitrogens with zero attached hydrogens (tertiary/aromatic N) is 5. The van der Waals surface area contributed by atoms with Gasteiger partial charge in [-0.2, -0.15) is 0 Å². The third-order valence-corrected chi connectivity index (χ3v) is 8.89. The largest absolute Gasteiger partial charge is 0.261 e. The number of hydrogen-bond donors (Lipinski definition) is 0. The summed E-state index contributed by atoms with van der Waals surface area (Å²) in [6, 6.07) is 48.0. The number of allylic oxidation sites excluding steroid dienone is 2. The molecule has 48 heavy (non-hydrogen) atoms. The lowest BCUT2D eigenvalue weighted by Gasteiger charge is -2.22. The van der Waals surface area contributed by atoms with Crippen LogP contribution < -0.4 is 0 Å². The lowest BCUT2D eigenvalue weighted by molar-refractivity contribution is 0.608. The molecule has 1 atom stereocenters. The maximum atomic E-state index is 5.21. The van der Waals surface area contributed by atoms with E-state index < -0.39 is 0 Å².